The molecule has 0 saturated carbocycles. The lowest BCUT2D eigenvalue weighted by Gasteiger charge is -2.43. The van der Waals surface area contributed by atoms with E-state index in [1.54, 1.807) is 0 Å². The molecule has 3 N–H and O–H groups in total. The lowest BCUT2D eigenvalue weighted by molar-refractivity contribution is -0.276. The maximum absolute atomic E-state index is 12.5. The summed E-state index contributed by atoms with van der Waals surface area (Å²) in [7, 11) is 0. The van der Waals surface area contributed by atoms with Crippen molar-refractivity contribution in [2.45, 2.75) is 76.8 Å². The lowest BCUT2D eigenvalue weighted by atomic mass is 9.89. The van der Waals surface area contributed by atoms with Crippen molar-refractivity contribution in [1.29, 1.82) is 0 Å². The first-order chi connectivity index (χ1) is 25.0. The third-order valence-electron chi connectivity index (χ3n) is 10.9. The van der Waals surface area contributed by atoms with E-state index in [0.717, 1.165) is 58.6 Å². The summed E-state index contributed by atoms with van der Waals surface area (Å²) in [5, 5.41) is 15.6. The number of aliphatic hydroxyl groups excluding tert-OH is 1. The maximum atomic E-state index is 12.5. The Morgan fingerprint density at radius 3 is 2.20 bits per heavy atom. The van der Waals surface area contributed by atoms with Gasteiger partial charge in [0.05, 0.1) is 18.8 Å². The van der Waals surface area contributed by atoms with Crippen LogP contribution in [0.1, 0.15) is 72.8 Å². The second kappa shape index (κ2) is 17.0. The van der Waals surface area contributed by atoms with Gasteiger partial charge in [-0.1, -0.05) is 97.9 Å². The van der Waals surface area contributed by atoms with Crippen molar-refractivity contribution in [1.82, 2.24) is 20.4 Å². The minimum Gasteiger partial charge on any atom is -0.392 e. The number of amides is 2. The fourth-order valence-corrected chi connectivity index (χ4v) is 7.91. The van der Waals surface area contributed by atoms with E-state index >= 15 is 0 Å². The van der Waals surface area contributed by atoms with Crippen LogP contribution in [0.25, 0.3) is 11.1 Å². The summed E-state index contributed by atoms with van der Waals surface area (Å²) in [5.41, 5.74) is 7.21. The third kappa shape index (κ3) is 9.07. The van der Waals surface area contributed by atoms with Gasteiger partial charge in [-0.05, 0) is 90.8 Å². The summed E-state index contributed by atoms with van der Waals surface area (Å²) >= 11 is 0. The van der Waals surface area contributed by atoms with Crippen LogP contribution < -0.4 is 10.6 Å². The molecular formula is C43H52N4O4. The number of likely N-dealkylation sites (tertiary alicyclic amines) is 2. The first-order valence-electron chi connectivity index (χ1n) is 18.7. The second-order valence-electron chi connectivity index (χ2n) is 14.5. The number of urea groups is 1. The summed E-state index contributed by atoms with van der Waals surface area (Å²) in [4.78, 5) is 17.8. The van der Waals surface area contributed by atoms with Gasteiger partial charge < -0.3 is 30.1 Å². The summed E-state index contributed by atoms with van der Waals surface area (Å²) in [6.45, 7) is 8.79. The summed E-state index contributed by atoms with van der Waals surface area (Å²) in [5.74, 6) is 0.145. The standard InChI is InChI=1S/C43H52N4O4/c1-31-40(29-47-23-9-16-39(47)28-46-21-5-6-22-46)50-42(51-41(31)35-19-17-33(30-48)18-20-35)38-15-8-14-37(25-38)36-13-7-12-34(24-36)27-45-43(49)44-26-32-10-3-2-4-11-32/h2-4,7-8,10-15,17-20,24-25,31,39-42,48H,5-6,9,16,21-23,26-30H2,1H3,(H2,44,45,49). The molecule has 4 aromatic rings. The number of rotatable bonds is 12. The monoisotopic (exact) mass is 688 g/mol. The molecule has 0 radical (unpaired) electrons. The van der Waals surface area contributed by atoms with Gasteiger partial charge in [-0.2, -0.15) is 0 Å². The fraction of sp³-hybridized carbons (Fsp3) is 0.419. The van der Waals surface area contributed by atoms with Crippen LogP contribution in [0.5, 0.6) is 0 Å². The quantitative estimate of drug-likeness (QED) is 0.146. The first-order valence-corrected chi connectivity index (χ1v) is 18.7. The van der Waals surface area contributed by atoms with E-state index in [-0.39, 0.29) is 30.8 Å². The molecule has 8 heteroatoms. The fourth-order valence-electron chi connectivity index (χ4n) is 7.91. The highest BCUT2D eigenvalue weighted by atomic mass is 16.7. The molecule has 0 spiro atoms. The summed E-state index contributed by atoms with van der Waals surface area (Å²) in [6.07, 6.45) is 4.45. The van der Waals surface area contributed by atoms with E-state index in [2.05, 4.69) is 75.9 Å². The largest absolute Gasteiger partial charge is 0.392 e. The van der Waals surface area contributed by atoms with E-state index < -0.39 is 6.29 Å². The van der Waals surface area contributed by atoms with E-state index in [1.165, 1.54) is 38.8 Å². The predicted molar refractivity (Wildman–Crippen MR) is 201 cm³/mol. The van der Waals surface area contributed by atoms with Gasteiger partial charge in [-0.3, -0.25) is 4.90 Å². The van der Waals surface area contributed by atoms with Gasteiger partial charge in [0, 0.05) is 43.7 Å². The number of ether oxygens (including phenoxy) is 2. The molecule has 3 heterocycles. The lowest BCUT2D eigenvalue weighted by Crippen LogP contribution is -2.48. The van der Waals surface area contributed by atoms with Gasteiger partial charge in [0.1, 0.15) is 0 Å². The molecule has 268 valence electrons. The minimum atomic E-state index is -0.522. The third-order valence-corrected chi connectivity index (χ3v) is 10.9. The van der Waals surface area contributed by atoms with Crippen molar-refractivity contribution >= 4 is 6.03 Å². The van der Waals surface area contributed by atoms with Gasteiger partial charge in [0.2, 0.25) is 0 Å². The zero-order valence-corrected chi connectivity index (χ0v) is 29.8. The van der Waals surface area contributed by atoms with E-state index in [9.17, 15) is 9.90 Å². The number of benzene rings is 4. The van der Waals surface area contributed by atoms with Crippen molar-refractivity contribution in [2.24, 2.45) is 5.92 Å². The molecule has 2 amide bonds. The molecule has 3 fully saturated rings. The Bertz CT molecular complexity index is 1710. The Morgan fingerprint density at radius 2 is 1.43 bits per heavy atom. The molecule has 4 aromatic carbocycles. The molecular weight excluding hydrogens is 636 g/mol. The number of nitrogens with zero attached hydrogens (tertiary/aromatic N) is 2. The summed E-state index contributed by atoms with van der Waals surface area (Å²) in [6, 6.07) is 35.2. The molecule has 3 aliphatic rings. The molecule has 0 bridgehead atoms. The van der Waals surface area contributed by atoms with Gasteiger partial charge in [0.25, 0.3) is 0 Å². The van der Waals surface area contributed by atoms with Crippen LogP contribution in [0.2, 0.25) is 0 Å². The number of hydrogen-bond acceptors (Lipinski definition) is 6. The average Bonchev–Trinajstić information content (AvgIpc) is 3.87. The SMILES string of the molecule is CC1C(CN2CCCC2CN2CCCC2)OC(c2cccc(-c3cccc(CNC(=O)NCc4ccccc4)c3)c2)OC1c1ccc(CO)cc1. The average molecular weight is 689 g/mol. The van der Waals surface area contributed by atoms with Crippen LogP contribution in [0, 0.1) is 5.92 Å². The normalized spacial score (nSPS) is 24.1. The van der Waals surface area contributed by atoms with Crippen LogP contribution >= 0.6 is 0 Å². The number of carbonyl (C=O) groups excluding carboxylic acids is 1. The van der Waals surface area contributed by atoms with Gasteiger partial charge in [0.15, 0.2) is 6.29 Å². The number of nitrogens with one attached hydrogen (secondary N) is 2. The highest BCUT2D eigenvalue weighted by Crippen LogP contribution is 2.43. The zero-order chi connectivity index (χ0) is 35.0. The van der Waals surface area contributed by atoms with Crippen LogP contribution in [0.15, 0.2) is 103 Å². The molecule has 7 rings (SSSR count). The maximum Gasteiger partial charge on any atom is 0.315 e. The predicted octanol–water partition coefficient (Wildman–Crippen LogP) is 7.20. The van der Waals surface area contributed by atoms with Crippen molar-refractivity contribution in [3.63, 3.8) is 0 Å². The van der Waals surface area contributed by atoms with E-state index in [0.29, 0.717) is 19.1 Å². The summed E-state index contributed by atoms with van der Waals surface area (Å²) < 4.78 is 13.8. The number of carbonyl (C=O) groups is 1. The first kappa shape index (κ1) is 35.4. The Labute approximate surface area is 302 Å². The Kier molecular flexibility index (Phi) is 11.8. The van der Waals surface area contributed by atoms with Gasteiger partial charge in [-0.15, -0.1) is 0 Å². The molecule has 0 aliphatic carbocycles. The van der Waals surface area contributed by atoms with Crippen LogP contribution in [0.4, 0.5) is 4.79 Å². The molecule has 0 aromatic heterocycles. The second-order valence-corrected chi connectivity index (χ2v) is 14.5. The molecule has 3 saturated heterocycles. The molecule has 3 aliphatic heterocycles. The highest BCUT2D eigenvalue weighted by molar-refractivity contribution is 5.74. The van der Waals surface area contributed by atoms with Crippen LogP contribution in [-0.2, 0) is 29.2 Å². The van der Waals surface area contributed by atoms with Crippen molar-refractivity contribution in [3.05, 3.63) is 131 Å². The van der Waals surface area contributed by atoms with Crippen molar-refractivity contribution in [3.8, 4) is 11.1 Å². The van der Waals surface area contributed by atoms with E-state index in [4.69, 9.17) is 9.47 Å². The molecule has 5 unspecified atom stereocenters. The molecule has 5 atom stereocenters. The zero-order valence-electron chi connectivity index (χ0n) is 29.8. The number of aliphatic hydroxyl groups is 1. The van der Waals surface area contributed by atoms with Crippen molar-refractivity contribution in [2.75, 3.05) is 32.7 Å². The molecule has 51 heavy (non-hydrogen) atoms. The Morgan fingerprint density at radius 1 is 0.725 bits per heavy atom. The topological polar surface area (TPSA) is 86.3 Å². The van der Waals surface area contributed by atoms with Crippen LogP contribution in [-0.4, -0.2) is 65.8 Å². The van der Waals surface area contributed by atoms with E-state index in [1.807, 2.05) is 54.6 Å². The Hall–Kier alpha value is -4.05. The minimum absolute atomic E-state index is 0.00320. The Balaban J connectivity index is 1.06. The highest BCUT2D eigenvalue weighted by Gasteiger charge is 2.41. The van der Waals surface area contributed by atoms with Gasteiger partial charge in [-0.25, -0.2) is 4.79 Å². The number of hydrogen-bond donors (Lipinski definition) is 3. The van der Waals surface area contributed by atoms with Crippen molar-refractivity contribution < 1.29 is 19.4 Å². The van der Waals surface area contributed by atoms with Gasteiger partial charge >= 0.3 is 6.03 Å². The van der Waals surface area contributed by atoms with Crippen LogP contribution in [0.3, 0.4) is 0 Å². The smallest absolute Gasteiger partial charge is 0.315 e. The molecule has 8 nitrogen and oxygen atoms in total.